The molecule has 1 aromatic rings. The molecule has 3 saturated heterocycles. The number of hydrogen-bond acceptors (Lipinski definition) is 7. The summed E-state index contributed by atoms with van der Waals surface area (Å²) in [6.07, 6.45) is 0.249. The van der Waals surface area contributed by atoms with Gasteiger partial charge in [-0.05, 0) is 18.1 Å². The fourth-order valence-corrected chi connectivity index (χ4v) is 5.00. The van der Waals surface area contributed by atoms with Crippen LogP contribution in [-0.2, 0) is 20.9 Å². The molecule has 29 heavy (non-hydrogen) atoms. The SMILES string of the molecule is NC1CN(Cc2cccc3c2C(=O)N(C2CCC(=O)NC2=O)C3=O)C2COCC12. The van der Waals surface area contributed by atoms with Crippen molar-refractivity contribution < 1.29 is 23.9 Å². The number of ether oxygens (including phenoxy) is 1. The lowest BCUT2D eigenvalue weighted by Crippen LogP contribution is -2.54. The predicted molar refractivity (Wildman–Crippen MR) is 99.6 cm³/mol. The Bertz CT molecular complexity index is 931. The second-order valence-corrected chi connectivity index (χ2v) is 8.15. The Morgan fingerprint density at radius 2 is 1.97 bits per heavy atom. The molecule has 4 aliphatic rings. The highest BCUT2D eigenvalue weighted by molar-refractivity contribution is 6.24. The molecule has 3 fully saturated rings. The third-order valence-electron chi connectivity index (χ3n) is 6.49. The van der Waals surface area contributed by atoms with E-state index in [4.69, 9.17) is 10.5 Å². The Morgan fingerprint density at radius 3 is 2.76 bits per heavy atom. The zero-order valence-electron chi connectivity index (χ0n) is 15.8. The van der Waals surface area contributed by atoms with Crippen LogP contribution in [0.25, 0.3) is 0 Å². The predicted octanol–water partition coefficient (Wildman–Crippen LogP) is -0.754. The highest BCUT2D eigenvalue weighted by atomic mass is 16.5. The molecule has 0 saturated carbocycles. The van der Waals surface area contributed by atoms with Gasteiger partial charge in [-0.3, -0.25) is 34.3 Å². The first-order valence-corrected chi connectivity index (χ1v) is 9.86. The Hall–Kier alpha value is -2.62. The zero-order chi connectivity index (χ0) is 20.3. The summed E-state index contributed by atoms with van der Waals surface area (Å²) in [5.74, 6) is -1.67. The van der Waals surface area contributed by atoms with Gasteiger partial charge in [0.25, 0.3) is 11.8 Å². The number of hydrogen-bond donors (Lipinski definition) is 2. The van der Waals surface area contributed by atoms with Gasteiger partial charge in [0.2, 0.25) is 11.8 Å². The van der Waals surface area contributed by atoms with Crippen molar-refractivity contribution in [2.75, 3.05) is 19.8 Å². The third-order valence-corrected chi connectivity index (χ3v) is 6.49. The zero-order valence-corrected chi connectivity index (χ0v) is 15.8. The largest absolute Gasteiger partial charge is 0.379 e. The lowest BCUT2D eigenvalue weighted by molar-refractivity contribution is -0.136. The molecule has 3 N–H and O–H groups in total. The summed E-state index contributed by atoms with van der Waals surface area (Å²) >= 11 is 0. The Kier molecular flexibility index (Phi) is 4.27. The minimum atomic E-state index is -0.958. The number of nitrogens with two attached hydrogens (primary N) is 1. The first-order chi connectivity index (χ1) is 14.0. The van der Waals surface area contributed by atoms with Crippen molar-refractivity contribution in [1.82, 2.24) is 15.1 Å². The van der Waals surface area contributed by atoms with Gasteiger partial charge < -0.3 is 10.5 Å². The van der Waals surface area contributed by atoms with Crippen LogP contribution in [-0.4, -0.2) is 71.3 Å². The van der Waals surface area contributed by atoms with Gasteiger partial charge in [-0.25, -0.2) is 0 Å². The van der Waals surface area contributed by atoms with Crippen molar-refractivity contribution in [3.63, 3.8) is 0 Å². The molecule has 0 aromatic heterocycles. The number of imide groups is 2. The Morgan fingerprint density at radius 1 is 1.14 bits per heavy atom. The van der Waals surface area contributed by atoms with Gasteiger partial charge >= 0.3 is 0 Å². The van der Waals surface area contributed by atoms with E-state index in [9.17, 15) is 19.2 Å². The van der Waals surface area contributed by atoms with Crippen LogP contribution in [0.5, 0.6) is 0 Å². The van der Waals surface area contributed by atoms with Crippen LogP contribution in [0, 0.1) is 5.92 Å². The molecule has 5 rings (SSSR count). The number of rotatable bonds is 3. The van der Waals surface area contributed by atoms with Crippen LogP contribution in [0.15, 0.2) is 18.2 Å². The fourth-order valence-electron chi connectivity index (χ4n) is 5.00. The number of benzene rings is 1. The van der Waals surface area contributed by atoms with E-state index < -0.39 is 23.8 Å². The molecule has 4 unspecified atom stereocenters. The molecule has 4 amide bonds. The molecule has 4 aliphatic heterocycles. The molecule has 0 spiro atoms. The summed E-state index contributed by atoms with van der Waals surface area (Å²) < 4.78 is 5.57. The average Bonchev–Trinajstić information content (AvgIpc) is 3.34. The summed E-state index contributed by atoms with van der Waals surface area (Å²) in [6.45, 7) is 2.46. The second kappa shape index (κ2) is 6.72. The van der Waals surface area contributed by atoms with Crippen LogP contribution in [0.1, 0.15) is 39.1 Å². The maximum Gasteiger partial charge on any atom is 0.262 e. The number of carbonyl (C=O) groups excluding carboxylic acids is 4. The van der Waals surface area contributed by atoms with E-state index in [1.807, 2.05) is 6.07 Å². The highest BCUT2D eigenvalue weighted by Crippen LogP contribution is 2.34. The third kappa shape index (κ3) is 2.80. The monoisotopic (exact) mass is 398 g/mol. The van der Waals surface area contributed by atoms with Gasteiger partial charge in [0.05, 0.1) is 24.3 Å². The molecule has 1 aromatic carbocycles. The molecular weight excluding hydrogens is 376 g/mol. The maximum absolute atomic E-state index is 13.2. The highest BCUT2D eigenvalue weighted by Gasteiger charge is 2.47. The van der Waals surface area contributed by atoms with Crippen molar-refractivity contribution in [2.24, 2.45) is 11.7 Å². The number of fused-ring (bicyclic) bond motifs is 2. The topological polar surface area (TPSA) is 122 Å². The molecule has 9 nitrogen and oxygen atoms in total. The molecular formula is C20H22N4O5. The van der Waals surface area contributed by atoms with E-state index in [1.165, 1.54) is 0 Å². The van der Waals surface area contributed by atoms with E-state index in [1.54, 1.807) is 12.1 Å². The van der Waals surface area contributed by atoms with Gasteiger partial charge in [-0.2, -0.15) is 0 Å². The average molecular weight is 398 g/mol. The van der Waals surface area contributed by atoms with Crippen LogP contribution >= 0.6 is 0 Å². The van der Waals surface area contributed by atoms with Crippen LogP contribution in [0.4, 0.5) is 0 Å². The van der Waals surface area contributed by atoms with Gasteiger partial charge in [0, 0.05) is 37.5 Å². The quantitative estimate of drug-likeness (QED) is 0.642. The van der Waals surface area contributed by atoms with Crippen molar-refractivity contribution in [1.29, 1.82) is 0 Å². The van der Waals surface area contributed by atoms with Gasteiger partial charge in [-0.1, -0.05) is 12.1 Å². The van der Waals surface area contributed by atoms with E-state index in [0.717, 1.165) is 10.5 Å². The standard InChI is InChI=1S/C20H22N4O5/c21-13-7-23(15-9-29-8-12(13)15)6-10-2-1-3-11-17(10)20(28)24(19(11)27)14-4-5-16(25)22-18(14)26/h1-3,12-15H,4-9,21H2,(H,22,25,26). The molecule has 4 heterocycles. The molecule has 9 heteroatoms. The summed E-state index contributed by atoms with van der Waals surface area (Å²) in [6, 6.07) is 4.48. The summed E-state index contributed by atoms with van der Waals surface area (Å²) in [4.78, 5) is 53.0. The van der Waals surface area contributed by atoms with Gasteiger partial charge in [0.15, 0.2) is 0 Å². The molecule has 0 bridgehead atoms. The molecule has 0 aliphatic carbocycles. The molecule has 0 radical (unpaired) electrons. The summed E-state index contributed by atoms with van der Waals surface area (Å²) in [5.41, 5.74) is 7.65. The second-order valence-electron chi connectivity index (χ2n) is 8.15. The number of likely N-dealkylation sites (tertiary alicyclic amines) is 1. The lowest BCUT2D eigenvalue weighted by Gasteiger charge is -2.28. The smallest absolute Gasteiger partial charge is 0.262 e. The number of piperidine rings is 1. The molecule has 152 valence electrons. The number of nitrogens with one attached hydrogen (secondary N) is 1. The van der Waals surface area contributed by atoms with Crippen LogP contribution < -0.4 is 11.1 Å². The van der Waals surface area contributed by atoms with Crippen LogP contribution in [0.2, 0.25) is 0 Å². The minimum Gasteiger partial charge on any atom is -0.379 e. The van der Waals surface area contributed by atoms with E-state index >= 15 is 0 Å². The Labute approximate surface area is 167 Å². The van der Waals surface area contributed by atoms with Crippen molar-refractivity contribution >= 4 is 23.6 Å². The van der Waals surface area contributed by atoms with Gasteiger partial charge in [-0.15, -0.1) is 0 Å². The van der Waals surface area contributed by atoms with Crippen molar-refractivity contribution in [2.45, 2.75) is 37.5 Å². The molecule has 4 atom stereocenters. The van der Waals surface area contributed by atoms with E-state index in [0.29, 0.717) is 37.4 Å². The minimum absolute atomic E-state index is 0.0246. The maximum atomic E-state index is 13.2. The van der Waals surface area contributed by atoms with Crippen molar-refractivity contribution in [3.8, 4) is 0 Å². The van der Waals surface area contributed by atoms with Gasteiger partial charge in [0.1, 0.15) is 6.04 Å². The van der Waals surface area contributed by atoms with Crippen molar-refractivity contribution in [3.05, 3.63) is 34.9 Å². The summed E-state index contributed by atoms with van der Waals surface area (Å²) in [7, 11) is 0. The summed E-state index contributed by atoms with van der Waals surface area (Å²) in [5, 5.41) is 2.22. The first kappa shape index (κ1) is 18.4. The Balaban J connectivity index is 1.44. The van der Waals surface area contributed by atoms with E-state index in [-0.39, 0.29) is 36.8 Å². The van der Waals surface area contributed by atoms with E-state index in [2.05, 4.69) is 10.2 Å². The number of amides is 4. The first-order valence-electron chi connectivity index (χ1n) is 9.86. The number of nitrogens with zero attached hydrogens (tertiary/aromatic N) is 2. The number of carbonyl (C=O) groups is 4. The van der Waals surface area contributed by atoms with Crippen LogP contribution in [0.3, 0.4) is 0 Å². The lowest BCUT2D eigenvalue weighted by atomic mass is 10.00. The fraction of sp³-hybridized carbons (Fsp3) is 0.500. The normalized spacial score (nSPS) is 32.0.